The summed E-state index contributed by atoms with van der Waals surface area (Å²) in [6.45, 7) is 15.4. The molecule has 6 heteroatoms. The van der Waals surface area contributed by atoms with Gasteiger partial charge in [-0.15, -0.1) is 0 Å². The highest BCUT2D eigenvalue weighted by Crippen LogP contribution is 2.28. The Morgan fingerprint density at radius 3 is 1.44 bits per heavy atom. The number of hydrogen-bond acceptors (Lipinski definition) is 6. The maximum atomic E-state index is 11.0. The van der Waals surface area contributed by atoms with E-state index in [0.29, 0.717) is 19.6 Å². The molecule has 0 aliphatic carbocycles. The van der Waals surface area contributed by atoms with Gasteiger partial charge in [0, 0.05) is 58.2 Å². The number of rotatable bonds is 0. The van der Waals surface area contributed by atoms with Crippen LogP contribution in [0.1, 0.15) is 74.4 Å². The summed E-state index contributed by atoms with van der Waals surface area (Å²) in [7, 11) is 0. The van der Waals surface area contributed by atoms with E-state index in [9.17, 15) is 10.2 Å². The van der Waals surface area contributed by atoms with Crippen molar-refractivity contribution in [3.8, 4) is 11.5 Å². The van der Waals surface area contributed by atoms with Gasteiger partial charge in [0.1, 0.15) is 11.5 Å². The minimum atomic E-state index is -0.0927. The zero-order valence-electron chi connectivity index (χ0n) is 21.4. The van der Waals surface area contributed by atoms with Crippen molar-refractivity contribution in [1.82, 2.24) is 0 Å². The van der Waals surface area contributed by atoms with Crippen LogP contribution in [0, 0.1) is 13.8 Å². The van der Waals surface area contributed by atoms with E-state index in [4.69, 9.17) is 9.98 Å². The smallest absolute Gasteiger partial charge is 0.133 e. The van der Waals surface area contributed by atoms with Crippen LogP contribution in [0.15, 0.2) is 44.2 Å². The van der Waals surface area contributed by atoms with E-state index in [1.807, 2.05) is 72.7 Å². The molecule has 4 bridgehead atoms. The van der Waals surface area contributed by atoms with Crippen molar-refractivity contribution in [2.45, 2.75) is 60.9 Å². The van der Waals surface area contributed by atoms with E-state index in [0.717, 1.165) is 62.6 Å². The minimum Gasteiger partial charge on any atom is -0.507 e. The summed E-state index contributed by atoms with van der Waals surface area (Å²) >= 11 is 0. The van der Waals surface area contributed by atoms with Crippen LogP contribution in [0.5, 0.6) is 11.5 Å². The SMILES string of the molecule is CC1=NCCCN=C(C)c2cc(C)cc(c2O)C(C)=NC(C)CN=C(C)c2cc(C)cc1c2O. The summed E-state index contributed by atoms with van der Waals surface area (Å²) in [4.78, 5) is 18.9. The Morgan fingerprint density at radius 2 is 1.00 bits per heavy atom. The molecule has 0 saturated carbocycles. The third-order valence-electron chi connectivity index (χ3n) is 6.09. The van der Waals surface area contributed by atoms with Crippen LogP contribution in [-0.4, -0.2) is 58.7 Å². The molecular weight excluding hydrogens is 424 g/mol. The van der Waals surface area contributed by atoms with E-state index >= 15 is 0 Å². The van der Waals surface area contributed by atoms with E-state index < -0.39 is 0 Å². The summed E-state index contributed by atoms with van der Waals surface area (Å²) in [6, 6.07) is 7.74. The van der Waals surface area contributed by atoms with Crippen molar-refractivity contribution in [2.75, 3.05) is 19.6 Å². The predicted octanol–water partition coefficient (Wildman–Crippen LogP) is 5.44. The number of aliphatic imine (C=N–C) groups is 4. The summed E-state index contributed by atoms with van der Waals surface area (Å²) < 4.78 is 0. The fourth-order valence-corrected chi connectivity index (χ4v) is 4.19. The number of hydrogen-bond donors (Lipinski definition) is 2. The van der Waals surface area contributed by atoms with Crippen molar-refractivity contribution in [3.05, 3.63) is 57.6 Å². The Kier molecular flexibility index (Phi) is 8.02. The molecule has 1 aliphatic heterocycles. The maximum absolute atomic E-state index is 11.0. The van der Waals surface area contributed by atoms with Crippen LogP contribution in [-0.2, 0) is 0 Å². The summed E-state index contributed by atoms with van der Waals surface area (Å²) in [5.74, 6) is 0.423. The molecule has 2 aromatic rings. The Balaban J connectivity index is 2.10. The number of fused-ring (bicyclic) bond motifs is 4. The monoisotopic (exact) mass is 460 g/mol. The third-order valence-corrected chi connectivity index (χ3v) is 6.09. The largest absolute Gasteiger partial charge is 0.507 e. The molecule has 0 aromatic heterocycles. The quantitative estimate of drug-likeness (QED) is 0.548. The molecule has 1 aliphatic rings. The molecule has 1 unspecified atom stereocenters. The molecular formula is C28H36N4O2. The molecule has 0 spiro atoms. The zero-order chi connectivity index (χ0) is 25.0. The number of nitrogens with zero attached hydrogens (tertiary/aromatic N) is 4. The van der Waals surface area contributed by atoms with Crippen LogP contribution < -0.4 is 0 Å². The zero-order valence-corrected chi connectivity index (χ0v) is 21.4. The highest BCUT2D eigenvalue weighted by atomic mass is 16.3. The lowest BCUT2D eigenvalue weighted by atomic mass is 9.99. The highest BCUT2D eigenvalue weighted by molar-refractivity contribution is 6.09. The molecule has 0 saturated heterocycles. The van der Waals surface area contributed by atoms with Gasteiger partial charge in [-0.05, 0) is 90.3 Å². The van der Waals surface area contributed by atoms with Gasteiger partial charge in [-0.3, -0.25) is 20.0 Å². The standard InChI is InChI=1S/C28H36N4O2/c1-16-11-23-19(4)29-9-8-10-30-20(5)24-12-17(2)14-26(28(24)34)22(7)32-18(3)15-31-21(6)25(13-16)27(23)33/h11-14,18,33-34H,8-10,15H2,1-7H3. The van der Waals surface area contributed by atoms with E-state index in [1.54, 1.807) is 0 Å². The molecule has 0 amide bonds. The molecule has 2 aromatic carbocycles. The van der Waals surface area contributed by atoms with Crippen LogP contribution in [0.25, 0.3) is 0 Å². The third kappa shape index (κ3) is 5.79. The number of phenolic OH excluding ortho intramolecular Hbond substituents is 2. The topological polar surface area (TPSA) is 89.9 Å². The van der Waals surface area contributed by atoms with Gasteiger partial charge in [0.15, 0.2) is 0 Å². The predicted molar refractivity (Wildman–Crippen MR) is 143 cm³/mol. The van der Waals surface area contributed by atoms with Crippen LogP contribution in [0.3, 0.4) is 0 Å². The van der Waals surface area contributed by atoms with Gasteiger partial charge in [0.05, 0.1) is 12.6 Å². The number of benzene rings is 2. The lowest BCUT2D eigenvalue weighted by Crippen LogP contribution is -2.11. The average Bonchev–Trinajstić information content (AvgIpc) is 2.78. The first kappa shape index (κ1) is 25.3. The van der Waals surface area contributed by atoms with E-state index in [-0.39, 0.29) is 17.5 Å². The van der Waals surface area contributed by atoms with E-state index in [2.05, 4.69) is 9.98 Å². The number of aryl methyl sites for hydroxylation is 2. The first-order valence-corrected chi connectivity index (χ1v) is 11.8. The Labute approximate surface area is 202 Å². The molecule has 0 fully saturated rings. The molecule has 1 heterocycles. The first-order chi connectivity index (χ1) is 16.1. The second kappa shape index (κ2) is 10.8. The Hall–Kier alpha value is -3.28. The first-order valence-electron chi connectivity index (χ1n) is 11.8. The van der Waals surface area contributed by atoms with Gasteiger partial charge >= 0.3 is 0 Å². The van der Waals surface area contributed by atoms with Gasteiger partial charge in [0.2, 0.25) is 0 Å². The highest BCUT2D eigenvalue weighted by Gasteiger charge is 2.16. The van der Waals surface area contributed by atoms with Gasteiger partial charge in [-0.25, -0.2) is 0 Å². The van der Waals surface area contributed by atoms with Crippen molar-refractivity contribution in [3.63, 3.8) is 0 Å². The van der Waals surface area contributed by atoms with Crippen molar-refractivity contribution >= 4 is 22.8 Å². The average molecular weight is 461 g/mol. The van der Waals surface area contributed by atoms with Gasteiger partial charge in [-0.1, -0.05) is 0 Å². The Bertz CT molecular complexity index is 1210. The number of phenols is 2. The van der Waals surface area contributed by atoms with Gasteiger partial charge < -0.3 is 10.2 Å². The molecule has 0 radical (unpaired) electrons. The second-order valence-corrected chi connectivity index (χ2v) is 9.19. The van der Waals surface area contributed by atoms with Gasteiger partial charge in [0.25, 0.3) is 0 Å². The normalized spacial score (nSPS) is 18.0. The molecule has 180 valence electrons. The molecule has 2 N–H and O–H groups in total. The van der Waals surface area contributed by atoms with Crippen molar-refractivity contribution < 1.29 is 10.2 Å². The second-order valence-electron chi connectivity index (χ2n) is 9.19. The lowest BCUT2D eigenvalue weighted by molar-refractivity contribution is 0.472. The number of aromatic hydroxyl groups is 2. The molecule has 3 rings (SSSR count). The summed E-state index contributed by atoms with van der Waals surface area (Å²) in [6.07, 6.45) is 0.770. The maximum Gasteiger partial charge on any atom is 0.133 e. The van der Waals surface area contributed by atoms with Crippen LogP contribution in [0.2, 0.25) is 0 Å². The fraction of sp³-hybridized carbons (Fsp3) is 0.429. The summed E-state index contributed by atoms with van der Waals surface area (Å²) in [5.41, 5.74) is 8.12. The van der Waals surface area contributed by atoms with Crippen molar-refractivity contribution in [2.24, 2.45) is 20.0 Å². The fourth-order valence-electron chi connectivity index (χ4n) is 4.19. The summed E-state index contributed by atoms with van der Waals surface area (Å²) in [5, 5.41) is 22.0. The Morgan fingerprint density at radius 1 is 0.618 bits per heavy atom. The minimum absolute atomic E-state index is 0.0927. The van der Waals surface area contributed by atoms with Crippen molar-refractivity contribution in [1.29, 1.82) is 0 Å². The molecule has 6 nitrogen and oxygen atoms in total. The van der Waals surface area contributed by atoms with Gasteiger partial charge in [-0.2, -0.15) is 0 Å². The molecule has 34 heavy (non-hydrogen) atoms. The van der Waals surface area contributed by atoms with E-state index in [1.165, 1.54) is 0 Å². The van der Waals surface area contributed by atoms with Crippen LogP contribution >= 0.6 is 0 Å². The van der Waals surface area contributed by atoms with Crippen LogP contribution in [0.4, 0.5) is 0 Å². The molecule has 1 atom stereocenters. The lowest BCUT2D eigenvalue weighted by Gasteiger charge is -2.14.